The number of nitrogens with one attached hydrogen (secondary N) is 1. The van der Waals surface area contributed by atoms with E-state index in [1.54, 1.807) is 42.7 Å². The van der Waals surface area contributed by atoms with E-state index in [0.29, 0.717) is 38.4 Å². The lowest BCUT2D eigenvalue weighted by molar-refractivity contribution is -0.143. The molecule has 1 amide bonds. The Balaban J connectivity index is 1.81. The third kappa shape index (κ3) is 6.39. The van der Waals surface area contributed by atoms with Gasteiger partial charge < -0.3 is 10.1 Å². The first kappa shape index (κ1) is 29.7. The molecule has 2 aromatic carbocycles. The lowest BCUT2D eigenvalue weighted by atomic mass is 10.0. The van der Waals surface area contributed by atoms with Gasteiger partial charge in [0.05, 0.1) is 33.7 Å². The molecular formula is C28H25Cl3N4O4S. The summed E-state index contributed by atoms with van der Waals surface area (Å²) in [6, 6.07) is 12.2. The molecule has 0 radical (unpaired) electrons. The quantitative estimate of drug-likeness (QED) is 0.154. The Morgan fingerprint density at radius 2 is 1.73 bits per heavy atom. The molecule has 0 aliphatic rings. The van der Waals surface area contributed by atoms with Crippen molar-refractivity contribution in [2.24, 2.45) is 0 Å². The Hall–Kier alpha value is -3.24. The van der Waals surface area contributed by atoms with Gasteiger partial charge in [-0.15, -0.1) is 21.5 Å². The van der Waals surface area contributed by atoms with Crippen LogP contribution in [0.3, 0.4) is 0 Å². The molecule has 4 aromatic rings. The predicted molar refractivity (Wildman–Crippen MR) is 156 cm³/mol. The average Bonchev–Trinajstić information content (AvgIpc) is 3.53. The summed E-state index contributed by atoms with van der Waals surface area (Å²) in [5, 5.41) is 12.8. The van der Waals surface area contributed by atoms with Gasteiger partial charge in [0, 0.05) is 16.0 Å². The van der Waals surface area contributed by atoms with Crippen molar-refractivity contribution >= 4 is 63.8 Å². The molecule has 0 spiro atoms. The predicted octanol–water partition coefficient (Wildman–Crippen LogP) is 6.82. The van der Waals surface area contributed by atoms with Crippen molar-refractivity contribution in [3.8, 4) is 5.00 Å². The minimum Gasteiger partial charge on any atom is -0.466 e. The number of aryl methyl sites for hydroxylation is 2. The molecule has 208 valence electrons. The van der Waals surface area contributed by atoms with Crippen LogP contribution in [0.2, 0.25) is 15.1 Å². The summed E-state index contributed by atoms with van der Waals surface area (Å²) in [6.45, 7) is 5.58. The molecule has 0 aliphatic heterocycles. The van der Waals surface area contributed by atoms with Crippen molar-refractivity contribution in [3.05, 3.63) is 96.8 Å². The molecule has 1 N–H and O–H groups in total. The Kier molecular flexibility index (Phi) is 9.63. The fourth-order valence-corrected chi connectivity index (χ4v) is 5.72. The summed E-state index contributed by atoms with van der Waals surface area (Å²) in [5.74, 6) is -0.589. The van der Waals surface area contributed by atoms with Crippen LogP contribution in [0.1, 0.15) is 69.1 Å². The van der Waals surface area contributed by atoms with Crippen molar-refractivity contribution in [2.45, 2.75) is 39.7 Å². The minimum atomic E-state index is -0.947. The van der Waals surface area contributed by atoms with Crippen molar-refractivity contribution in [2.75, 3.05) is 6.61 Å². The number of halogens is 3. The summed E-state index contributed by atoms with van der Waals surface area (Å²) in [6.07, 6.45) is 0.461. The largest absolute Gasteiger partial charge is 0.466 e. The van der Waals surface area contributed by atoms with Crippen molar-refractivity contribution < 1.29 is 19.1 Å². The number of hydrogen-bond acceptors (Lipinski definition) is 7. The highest BCUT2D eigenvalue weighted by Crippen LogP contribution is 2.34. The van der Waals surface area contributed by atoms with Gasteiger partial charge in [-0.1, -0.05) is 53.9 Å². The van der Waals surface area contributed by atoms with Gasteiger partial charge in [0.25, 0.3) is 5.91 Å². The highest BCUT2D eigenvalue weighted by Gasteiger charge is 2.30. The van der Waals surface area contributed by atoms with Crippen molar-refractivity contribution in [3.63, 3.8) is 0 Å². The molecule has 0 bridgehead atoms. The maximum Gasteiger partial charge on any atom is 0.308 e. The number of rotatable bonds is 10. The van der Waals surface area contributed by atoms with Gasteiger partial charge >= 0.3 is 5.97 Å². The topological polar surface area (TPSA) is 103 Å². The number of hydrogen-bond donors (Lipinski definition) is 1. The van der Waals surface area contributed by atoms with E-state index in [4.69, 9.17) is 39.5 Å². The van der Waals surface area contributed by atoms with Gasteiger partial charge in [-0.3, -0.25) is 19.0 Å². The van der Waals surface area contributed by atoms with Crippen LogP contribution in [-0.4, -0.2) is 39.0 Å². The van der Waals surface area contributed by atoms with E-state index in [-0.39, 0.29) is 35.2 Å². The number of esters is 1. The Labute approximate surface area is 250 Å². The second-order valence-corrected chi connectivity index (χ2v) is 11.0. The van der Waals surface area contributed by atoms with Crippen LogP contribution < -0.4 is 5.32 Å². The van der Waals surface area contributed by atoms with Crippen LogP contribution >= 0.6 is 46.1 Å². The Bertz CT molecular complexity index is 1580. The standard InChI is InChI=1S/C28H25Cl3N4O4S/c1-4-17-13-19(25(37)18-8-6-7-9-20(18)29)28(40-17)35-15(3)33-34-26(35)23(14-24(36)39-5-2)32-27(38)16-10-11-21(30)22(31)12-16/h6-13,23H,4-5,14H2,1-3H3,(H,32,38). The highest BCUT2D eigenvalue weighted by molar-refractivity contribution is 7.15. The second-order valence-electron chi connectivity index (χ2n) is 8.70. The van der Waals surface area contributed by atoms with Crippen LogP contribution in [0.25, 0.3) is 5.00 Å². The van der Waals surface area contributed by atoms with Gasteiger partial charge in [-0.05, 0) is 56.7 Å². The summed E-state index contributed by atoms with van der Waals surface area (Å²) >= 11 is 19.9. The molecule has 40 heavy (non-hydrogen) atoms. The molecule has 0 saturated carbocycles. The molecule has 1 unspecified atom stereocenters. The van der Waals surface area contributed by atoms with Crippen LogP contribution in [0.15, 0.2) is 48.5 Å². The van der Waals surface area contributed by atoms with Gasteiger partial charge in [0.1, 0.15) is 16.9 Å². The van der Waals surface area contributed by atoms with Crippen molar-refractivity contribution in [1.82, 2.24) is 20.1 Å². The monoisotopic (exact) mass is 618 g/mol. The summed E-state index contributed by atoms with van der Waals surface area (Å²) < 4.78 is 6.86. The summed E-state index contributed by atoms with van der Waals surface area (Å²) in [5.41, 5.74) is 1.00. The second kappa shape index (κ2) is 13.0. The zero-order valence-electron chi connectivity index (χ0n) is 21.8. The van der Waals surface area contributed by atoms with Crippen LogP contribution in [0, 0.1) is 6.92 Å². The van der Waals surface area contributed by atoms with Gasteiger partial charge in [-0.2, -0.15) is 0 Å². The zero-order chi connectivity index (χ0) is 29.0. The van der Waals surface area contributed by atoms with Gasteiger partial charge in [-0.25, -0.2) is 0 Å². The SMILES string of the molecule is CCOC(=O)CC(NC(=O)c1ccc(Cl)c(Cl)c1)c1nnc(C)n1-c1sc(CC)cc1C(=O)c1ccccc1Cl. The molecular weight excluding hydrogens is 595 g/mol. The lowest BCUT2D eigenvalue weighted by Gasteiger charge is -2.19. The van der Waals surface area contributed by atoms with Crippen LogP contribution in [-0.2, 0) is 16.0 Å². The number of ketones is 1. The van der Waals surface area contributed by atoms with E-state index in [9.17, 15) is 14.4 Å². The molecule has 0 saturated heterocycles. The zero-order valence-corrected chi connectivity index (χ0v) is 24.9. The number of aromatic nitrogens is 3. The van der Waals surface area contributed by atoms with E-state index in [2.05, 4.69) is 15.5 Å². The maximum atomic E-state index is 13.7. The Morgan fingerprint density at radius 1 is 0.975 bits per heavy atom. The summed E-state index contributed by atoms with van der Waals surface area (Å²) in [4.78, 5) is 40.5. The molecule has 1 atom stereocenters. The van der Waals surface area contributed by atoms with E-state index in [1.807, 2.05) is 13.0 Å². The first-order valence-corrected chi connectivity index (χ1v) is 14.3. The maximum absolute atomic E-state index is 13.7. The van der Waals surface area contributed by atoms with Gasteiger partial charge in [0.15, 0.2) is 11.6 Å². The normalized spacial score (nSPS) is 11.8. The first-order valence-electron chi connectivity index (χ1n) is 12.4. The fourth-order valence-electron chi connectivity index (χ4n) is 4.05. The van der Waals surface area contributed by atoms with E-state index in [0.717, 1.165) is 4.88 Å². The van der Waals surface area contributed by atoms with Crippen LogP contribution in [0.4, 0.5) is 0 Å². The van der Waals surface area contributed by atoms with E-state index >= 15 is 0 Å². The number of carbonyl (C=O) groups is 3. The van der Waals surface area contributed by atoms with Crippen LogP contribution in [0.5, 0.6) is 0 Å². The number of ether oxygens (including phenoxy) is 1. The molecule has 2 heterocycles. The number of nitrogens with zero attached hydrogens (tertiary/aromatic N) is 3. The number of thiophene rings is 1. The molecule has 4 rings (SSSR count). The molecule has 0 fully saturated rings. The number of amides is 1. The summed E-state index contributed by atoms with van der Waals surface area (Å²) in [7, 11) is 0. The first-order chi connectivity index (χ1) is 19.1. The Morgan fingerprint density at radius 3 is 2.40 bits per heavy atom. The third-order valence-electron chi connectivity index (χ3n) is 6.00. The molecule has 12 heteroatoms. The molecule has 8 nitrogen and oxygen atoms in total. The minimum absolute atomic E-state index is 0.166. The number of carbonyl (C=O) groups excluding carboxylic acids is 3. The third-order valence-corrected chi connectivity index (χ3v) is 8.34. The highest BCUT2D eigenvalue weighted by atomic mass is 35.5. The van der Waals surface area contributed by atoms with E-state index in [1.165, 1.54) is 29.5 Å². The average molecular weight is 620 g/mol. The number of benzene rings is 2. The van der Waals surface area contributed by atoms with Gasteiger partial charge in [0.2, 0.25) is 0 Å². The fraction of sp³-hybridized carbons (Fsp3) is 0.250. The van der Waals surface area contributed by atoms with E-state index < -0.39 is 17.9 Å². The van der Waals surface area contributed by atoms with Crippen molar-refractivity contribution in [1.29, 1.82) is 0 Å². The smallest absolute Gasteiger partial charge is 0.308 e. The molecule has 0 aliphatic carbocycles. The molecule has 2 aromatic heterocycles. The lowest BCUT2D eigenvalue weighted by Crippen LogP contribution is -2.32.